The number of hydrogen-bond acceptors (Lipinski definition) is 4. The van der Waals surface area contributed by atoms with Crippen molar-refractivity contribution in [1.29, 1.82) is 0 Å². The van der Waals surface area contributed by atoms with Crippen LogP contribution in [-0.4, -0.2) is 31.8 Å². The van der Waals surface area contributed by atoms with Crippen LogP contribution in [0, 0.1) is 0 Å². The van der Waals surface area contributed by atoms with Crippen molar-refractivity contribution in [1.82, 2.24) is 0 Å². The second kappa shape index (κ2) is 7.78. The molecule has 1 aliphatic heterocycles. The number of rotatable bonds is 5. The summed E-state index contributed by atoms with van der Waals surface area (Å²) in [6.07, 6.45) is 5.27. The molecule has 4 nitrogen and oxygen atoms in total. The van der Waals surface area contributed by atoms with Gasteiger partial charge in [-0.2, -0.15) is 0 Å². The highest BCUT2D eigenvalue weighted by molar-refractivity contribution is 6.15. The van der Waals surface area contributed by atoms with Gasteiger partial charge in [-0.25, -0.2) is 0 Å². The van der Waals surface area contributed by atoms with E-state index in [-0.39, 0.29) is 5.78 Å². The molecule has 28 heavy (non-hydrogen) atoms. The number of hydrogen-bond donors (Lipinski definition) is 0. The van der Waals surface area contributed by atoms with Crippen LogP contribution in [0.2, 0.25) is 0 Å². The van der Waals surface area contributed by atoms with E-state index in [2.05, 4.69) is 12.1 Å². The molecule has 0 spiro atoms. The average molecular weight is 377 g/mol. The third-order valence-electron chi connectivity index (χ3n) is 6.04. The molecule has 1 fully saturated rings. The van der Waals surface area contributed by atoms with Crippen LogP contribution >= 0.6 is 0 Å². The molecule has 1 aliphatic carbocycles. The quantitative estimate of drug-likeness (QED) is 0.675. The zero-order valence-corrected chi connectivity index (χ0v) is 16.8. The second-order valence-corrected chi connectivity index (χ2v) is 7.58. The van der Waals surface area contributed by atoms with Crippen LogP contribution < -0.4 is 9.47 Å². The van der Waals surface area contributed by atoms with Crippen LogP contribution in [0.25, 0.3) is 0 Å². The van der Waals surface area contributed by atoms with Crippen molar-refractivity contribution in [3.05, 3.63) is 58.7 Å². The lowest BCUT2D eigenvalue weighted by Gasteiger charge is -2.35. The minimum Gasteiger partial charge on any atom is -0.493 e. The van der Waals surface area contributed by atoms with E-state index in [0.717, 1.165) is 46.7 Å². The Morgan fingerprint density at radius 2 is 1.71 bits per heavy atom. The van der Waals surface area contributed by atoms with Crippen LogP contribution in [-0.2, 0) is 0 Å². The number of carbonyl (C=O) groups is 1. The molecule has 2 unspecified atom stereocenters. The Morgan fingerprint density at radius 3 is 2.39 bits per heavy atom. The first-order chi connectivity index (χ1) is 13.7. The summed E-state index contributed by atoms with van der Waals surface area (Å²) in [5, 5.41) is 0. The van der Waals surface area contributed by atoms with Crippen molar-refractivity contribution in [2.24, 2.45) is 4.99 Å². The summed E-state index contributed by atoms with van der Waals surface area (Å²) in [6.45, 7) is 1.89. The Kier molecular flexibility index (Phi) is 5.21. The first kappa shape index (κ1) is 18.7. The van der Waals surface area contributed by atoms with Crippen LogP contribution in [0.15, 0.2) is 41.4 Å². The molecule has 0 N–H and O–H groups in total. The molecule has 1 saturated carbocycles. The van der Waals surface area contributed by atoms with Gasteiger partial charge in [-0.1, -0.05) is 44.0 Å². The van der Waals surface area contributed by atoms with Gasteiger partial charge >= 0.3 is 0 Å². The third-order valence-corrected chi connectivity index (χ3v) is 6.04. The molecule has 146 valence electrons. The number of ketones is 1. The summed E-state index contributed by atoms with van der Waals surface area (Å²) in [6, 6.07) is 12.4. The normalized spacial score (nSPS) is 20.6. The first-order valence-corrected chi connectivity index (χ1v) is 10.1. The minimum atomic E-state index is 0.163. The van der Waals surface area contributed by atoms with E-state index >= 15 is 0 Å². The van der Waals surface area contributed by atoms with E-state index < -0.39 is 0 Å². The summed E-state index contributed by atoms with van der Waals surface area (Å²) in [5.74, 6) is 2.10. The number of carbonyl (C=O) groups excluding carboxylic acids is 1. The first-order valence-electron chi connectivity index (χ1n) is 10.1. The predicted octanol–water partition coefficient (Wildman–Crippen LogP) is 5.17. The topological polar surface area (TPSA) is 47.9 Å². The highest BCUT2D eigenvalue weighted by atomic mass is 16.5. The van der Waals surface area contributed by atoms with Crippen molar-refractivity contribution in [3.63, 3.8) is 0 Å². The van der Waals surface area contributed by atoms with Crippen LogP contribution in [0.4, 0.5) is 0 Å². The van der Waals surface area contributed by atoms with Gasteiger partial charge in [0.05, 0.1) is 26.0 Å². The van der Waals surface area contributed by atoms with E-state index in [1.165, 1.54) is 18.4 Å². The van der Waals surface area contributed by atoms with Gasteiger partial charge in [-0.15, -0.1) is 0 Å². The largest absolute Gasteiger partial charge is 0.493 e. The highest BCUT2D eigenvalue weighted by Crippen LogP contribution is 2.44. The van der Waals surface area contributed by atoms with Gasteiger partial charge < -0.3 is 9.47 Å². The van der Waals surface area contributed by atoms with Crippen molar-refractivity contribution < 1.29 is 14.3 Å². The van der Waals surface area contributed by atoms with Crippen molar-refractivity contribution in [2.45, 2.75) is 51.0 Å². The Balaban J connectivity index is 1.83. The molecule has 2 aliphatic rings. The monoisotopic (exact) mass is 377 g/mol. The molecular weight excluding hydrogens is 350 g/mol. The Labute approximate surface area is 166 Å². The van der Waals surface area contributed by atoms with Gasteiger partial charge in [0.1, 0.15) is 0 Å². The SMILES string of the molecule is CCC(=O)c1ccc(C2=NC3CCCCC3c3cc(OC)c(OC)cc32)cc1. The fourth-order valence-electron chi connectivity index (χ4n) is 4.52. The smallest absolute Gasteiger partial charge is 0.162 e. The lowest BCUT2D eigenvalue weighted by atomic mass is 9.75. The molecule has 0 saturated heterocycles. The fourth-order valence-corrected chi connectivity index (χ4v) is 4.52. The summed E-state index contributed by atoms with van der Waals surface area (Å²) in [5.41, 5.74) is 5.22. The Hall–Kier alpha value is -2.62. The van der Waals surface area contributed by atoms with E-state index in [1.54, 1.807) is 14.2 Å². The summed E-state index contributed by atoms with van der Waals surface area (Å²) in [7, 11) is 3.35. The zero-order chi connectivity index (χ0) is 19.7. The van der Waals surface area contributed by atoms with Gasteiger partial charge in [0, 0.05) is 29.0 Å². The van der Waals surface area contributed by atoms with Crippen molar-refractivity contribution in [3.8, 4) is 11.5 Å². The van der Waals surface area contributed by atoms with Gasteiger partial charge in [0.2, 0.25) is 0 Å². The number of methoxy groups -OCH3 is 2. The number of Topliss-reactive ketones (excluding diaryl/α,β-unsaturated/α-hetero) is 1. The molecule has 0 amide bonds. The number of benzene rings is 2. The summed E-state index contributed by atoms with van der Waals surface area (Å²) >= 11 is 0. The lowest BCUT2D eigenvalue weighted by molar-refractivity contribution is 0.0988. The standard InChI is InChI=1S/C24H27NO3/c1-4-21(26)15-9-11-16(12-10-15)24-19-14-23(28-3)22(27-2)13-18(19)17-7-5-6-8-20(17)25-24/h9-14,17,20H,4-8H2,1-3H3. The third kappa shape index (κ3) is 3.21. The molecule has 2 aromatic carbocycles. The molecule has 2 aromatic rings. The molecular formula is C24H27NO3. The summed E-state index contributed by atoms with van der Waals surface area (Å²) in [4.78, 5) is 17.2. The maximum absolute atomic E-state index is 12.0. The van der Waals surface area contributed by atoms with E-state index in [0.29, 0.717) is 18.4 Å². The van der Waals surface area contributed by atoms with Crippen molar-refractivity contribution in [2.75, 3.05) is 14.2 Å². The van der Waals surface area contributed by atoms with E-state index in [9.17, 15) is 4.79 Å². The van der Waals surface area contributed by atoms with Crippen LogP contribution in [0.1, 0.15) is 72.0 Å². The fraction of sp³-hybridized carbons (Fsp3) is 0.417. The van der Waals surface area contributed by atoms with Gasteiger partial charge in [-0.3, -0.25) is 9.79 Å². The number of nitrogens with zero attached hydrogens (tertiary/aromatic N) is 1. The molecule has 0 aromatic heterocycles. The van der Waals surface area contributed by atoms with Crippen molar-refractivity contribution >= 4 is 11.5 Å². The molecule has 0 bridgehead atoms. The van der Waals surface area contributed by atoms with Gasteiger partial charge in [0.25, 0.3) is 0 Å². The molecule has 1 heterocycles. The number of ether oxygens (including phenoxy) is 2. The maximum atomic E-state index is 12.0. The van der Waals surface area contributed by atoms with E-state index in [1.807, 2.05) is 31.2 Å². The zero-order valence-electron chi connectivity index (χ0n) is 16.8. The number of fused-ring (bicyclic) bond motifs is 3. The van der Waals surface area contributed by atoms with Gasteiger partial charge in [0.15, 0.2) is 17.3 Å². The second-order valence-electron chi connectivity index (χ2n) is 7.58. The van der Waals surface area contributed by atoms with Gasteiger partial charge in [-0.05, 0) is 30.5 Å². The van der Waals surface area contributed by atoms with Crippen LogP contribution in [0.3, 0.4) is 0 Å². The maximum Gasteiger partial charge on any atom is 0.162 e. The lowest BCUT2D eigenvalue weighted by Crippen LogP contribution is -2.29. The molecule has 4 heteroatoms. The van der Waals surface area contributed by atoms with Crippen LogP contribution in [0.5, 0.6) is 11.5 Å². The van der Waals surface area contributed by atoms with E-state index in [4.69, 9.17) is 14.5 Å². The predicted molar refractivity (Wildman–Crippen MR) is 111 cm³/mol. The average Bonchev–Trinajstić information content (AvgIpc) is 2.77. The number of aliphatic imine (C=N–C) groups is 1. The molecule has 0 radical (unpaired) electrons. The highest BCUT2D eigenvalue weighted by Gasteiger charge is 2.34. The Morgan fingerprint density at radius 1 is 1.04 bits per heavy atom. The molecule has 2 atom stereocenters. The Bertz CT molecular complexity index is 914. The minimum absolute atomic E-state index is 0.163. The molecule has 4 rings (SSSR count). The summed E-state index contributed by atoms with van der Waals surface area (Å²) < 4.78 is 11.1.